The molecule has 1 N–H and O–H groups in total. The molecule has 0 radical (unpaired) electrons. The van der Waals surface area contributed by atoms with Crippen LogP contribution in [0.4, 0.5) is 5.69 Å². The first-order valence-electron chi connectivity index (χ1n) is 18.0. The third kappa shape index (κ3) is 7.78. The molecule has 10 nitrogen and oxygen atoms in total. The number of hydrogen-bond donors (Lipinski definition) is 1. The van der Waals surface area contributed by atoms with Gasteiger partial charge in [0.05, 0.1) is 24.0 Å². The summed E-state index contributed by atoms with van der Waals surface area (Å²) in [5, 5.41) is 9.80. The number of likely N-dealkylation sites (tertiary alicyclic amines) is 1. The number of nitrogens with zero attached hydrogens (tertiary/aromatic N) is 3. The third-order valence-electron chi connectivity index (χ3n) is 10.7. The van der Waals surface area contributed by atoms with E-state index in [9.17, 15) is 24.3 Å². The quantitative estimate of drug-likeness (QED) is 0.116. The van der Waals surface area contributed by atoms with E-state index in [-0.39, 0.29) is 37.3 Å². The molecule has 274 valence electrons. The van der Waals surface area contributed by atoms with Gasteiger partial charge in [-0.2, -0.15) is 0 Å². The number of hydrogen-bond acceptors (Lipinski definition) is 7. The molecule has 3 heterocycles. The molecule has 2 aromatic rings. The average molecular weight is 720 g/mol. The van der Waals surface area contributed by atoms with E-state index >= 15 is 0 Å². The Morgan fingerprint density at radius 2 is 1.78 bits per heavy atom. The molecule has 2 bridgehead atoms. The number of likely N-dealkylation sites (N-methyl/N-ethyl adjacent to an activating group) is 1. The number of allylic oxidation sites excluding steroid dienone is 1. The average Bonchev–Trinajstić information content (AvgIpc) is 3.78. The van der Waals surface area contributed by atoms with Crippen LogP contribution in [-0.4, -0.2) is 89.1 Å². The molecule has 0 saturated carbocycles. The molecule has 7 atom stereocenters. The number of halogens is 1. The Bertz CT molecular complexity index is 1570. The number of amides is 3. The van der Waals surface area contributed by atoms with Crippen LogP contribution in [0.5, 0.6) is 0 Å². The number of unbranched alkanes of at least 4 members (excludes halogenated alkanes) is 3. The lowest BCUT2D eigenvalue weighted by atomic mass is 9.70. The molecule has 3 aliphatic rings. The van der Waals surface area contributed by atoms with Crippen molar-refractivity contribution in [2.24, 2.45) is 11.8 Å². The number of esters is 1. The number of ether oxygens (including phenoxy) is 2. The largest absolute Gasteiger partial charge is 0.455 e. The normalized spacial score (nSPS) is 24.5. The van der Waals surface area contributed by atoms with Crippen LogP contribution in [-0.2, 0) is 28.7 Å². The van der Waals surface area contributed by atoms with Gasteiger partial charge < -0.3 is 29.3 Å². The summed E-state index contributed by atoms with van der Waals surface area (Å²) in [6.45, 7) is 10.0. The maximum absolute atomic E-state index is 14.8. The minimum absolute atomic E-state index is 0.0902. The lowest BCUT2D eigenvalue weighted by molar-refractivity contribution is -0.164. The molecule has 2 aromatic carbocycles. The van der Waals surface area contributed by atoms with Crippen molar-refractivity contribution < 1.29 is 33.8 Å². The highest BCUT2D eigenvalue weighted by molar-refractivity contribution is 6.30. The zero-order valence-corrected chi connectivity index (χ0v) is 30.4. The maximum Gasteiger partial charge on any atom is 0.313 e. The van der Waals surface area contributed by atoms with E-state index in [0.29, 0.717) is 49.4 Å². The van der Waals surface area contributed by atoms with Gasteiger partial charge in [0, 0.05) is 43.9 Å². The Kier molecular flexibility index (Phi) is 12.8. The third-order valence-corrected chi connectivity index (χ3v) is 11.0. The number of benzene rings is 2. The van der Waals surface area contributed by atoms with Crippen LogP contribution in [0.25, 0.3) is 0 Å². The van der Waals surface area contributed by atoms with Gasteiger partial charge in [0.2, 0.25) is 11.8 Å². The van der Waals surface area contributed by atoms with Crippen LogP contribution in [0.2, 0.25) is 5.02 Å². The van der Waals surface area contributed by atoms with Crippen molar-refractivity contribution in [1.82, 2.24) is 9.80 Å². The molecule has 51 heavy (non-hydrogen) atoms. The second-order valence-corrected chi connectivity index (χ2v) is 14.2. The van der Waals surface area contributed by atoms with Crippen molar-refractivity contribution in [1.29, 1.82) is 0 Å². The predicted molar refractivity (Wildman–Crippen MR) is 196 cm³/mol. The standard InChI is InChI=1S/C40H50ClN3O7/c1-5-7-17-32(46)42(4)27(3)35(28-15-11-10-12-16-28)50-39(49)33-31-22-23-40(51-31)34(33)37(47)44(25-13-8-9-14-26-45)36(40)38(48)43(24-6-2)30-20-18-29(41)19-21-30/h5-6,10-12,15-16,18-21,27,31,33-36,45H,1-2,7-9,13-14,17,22-26H2,3-4H3/t27-,31-,33+,34+,35+,36-,40+/m0/s1. The lowest BCUT2D eigenvalue weighted by Crippen LogP contribution is -2.56. The Hall–Kier alpha value is -3.99. The summed E-state index contributed by atoms with van der Waals surface area (Å²) in [4.78, 5) is 61.6. The van der Waals surface area contributed by atoms with E-state index in [1.807, 2.05) is 37.3 Å². The van der Waals surface area contributed by atoms with E-state index in [1.165, 1.54) is 0 Å². The Morgan fingerprint density at radius 1 is 1.08 bits per heavy atom. The summed E-state index contributed by atoms with van der Waals surface area (Å²) in [7, 11) is 1.69. The fourth-order valence-corrected chi connectivity index (χ4v) is 8.16. The zero-order valence-electron chi connectivity index (χ0n) is 29.6. The van der Waals surface area contributed by atoms with Crippen molar-refractivity contribution in [2.45, 2.75) is 88.2 Å². The van der Waals surface area contributed by atoms with E-state index in [2.05, 4.69) is 13.2 Å². The van der Waals surface area contributed by atoms with Crippen LogP contribution >= 0.6 is 11.6 Å². The number of carbonyl (C=O) groups is 4. The summed E-state index contributed by atoms with van der Waals surface area (Å²) in [6, 6.07) is 14.7. The second kappa shape index (κ2) is 17.0. The first-order valence-corrected chi connectivity index (χ1v) is 18.4. The van der Waals surface area contributed by atoms with Crippen molar-refractivity contribution in [3.63, 3.8) is 0 Å². The van der Waals surface area contributed by atoms with E-state index < -0.39 is 47.7 Å². The van der Waals surface area contributed by atoms with Gasteiger partial charge in [0.1, 0.15) is 17.7 Å². The highest BCUT2D eigenvalue weighted by atomic mass is 35.5. The molecular weight excluding hydrogens is 670 g/mol. The SMILES string of the molecule is C=CCCC(=O)N(C)[C@@H](C)[C@@H](OC(=O)[C@@H]1[C@@H]2CC[C@]3(O2)[C@H](C(=O)N(CC=C)c2ccc(Cl)cc2)N(CCCCCCO)C(=O)[C@@H]13)c1ccccc1. The number of fused-ring (bicyclic) bond motifs is 1. The number of carbonyl (C=O) groups excluding carboxylic acids is 4. The van der Waals surface area contributed by atoms with Crippen molar-refractivity contribution >= 4 is 41.0 Å². The summed E-state index contributed by atoms with van der Waals surface area (Å²) >= 11 is 6.17. The lowest BCUT2D eigenvalue weighted by Gasteiger charge is -2.37. The molecule has 0 aliphatic carbocycles. The Balaban J connectivity index is 1.47. The monoisotopic (exact) mass is 719 g/mol. The molecular formula is C40H50ClN3O7. The fourth-order valence-electron chi connectivity index (χ4n) is 8.03. The highest BCUT2D eigenvalue weighted by Gasteiger charge is 2.75. The van der Waals surface area contributed by atoms with Crippen LogP contribution in [0.3, 0.4) is 0 Å². The molecule has 3 amide bonds. The number of aliphatic hydroxyl groups excluding tert-OH is 1. The molecule has 0 aromatic heterocycles. The minimum atomic E-state index is -1.22. The van der Waals surface area contributed by atoms with Gasteiger partial charge in [-0.15, -0.1) is 13.2 Å². The summed E-state index contributed by atoms with van der Waals surface area (Å²) in [5.74, 6) is -3.13. The van der Waals surface area contributed by atoms with Gasteiger partial charge in [-0.05, 0) is 68.9 Å². The Labute approximate surface area is 306 Å². The van der Waals surface area contributed by atoms with Crippen molar-refractivity contribution in [2.75, 3.05) is 31.6 Å². The molecule has 11 heteroatoms. The topological polar surface area (TPSA) is 117 Å². The summed E-state index contributed by atoms with van der Waals surface area (Å²) in [6.07, 6.45) is 6.48. The molecule has 1 spiro atoms. The van der Waals surface area contributed by atoms with Crippen LogP contribution in [0.15, 0.2) is 79.9 Å². The predicted octanol–water partition coefficient (Wildman–Crippen LogP) is 5.88. The van der Waals surface area contributed by atoms with Gasteiger partial charge in [-0.25, -0.2) is 0 Å². The first-order chi connectivity index (χ1) is 24.6. The van der Waals surface area contributed by atoms with E-state index in [1.54, 1.807) is 58.2 Å². The number of anilines is 1. The molecule has 3 aliphatic heterocycles. The van der Waals surface area contributed by atoms with Gasteiger partial charge in [0.25, 0.3) is 5.91 Å². The van der Waals surface area contributed by atoms with Crippen LogP contribution in [0, 0.1) is 11.8 Å². The fraction of sp³-hybridized carbons (Fsp3) is 0.500. The molecule has 0 unspecified atom stereocenters. The zero-order chi connectivity index (χ0) is 36.7. The highest BCUT2D eigenvalue weighted by Crippen LogP contribution is 2.59. The molecule has 3 saturated heterocycles. The van der Waals surface area contributed by atoms with Crippen LogP contribution < -0.4 is 4.90 Å². The second-order valence-electron chi connectivity index (χ2n) is 13.8. The summed E-state index contributed by atoms with van der Waals surface area (Å²) in [5.41, 5.74) is 0.110. The van der Waals surface area contributed by atoms with Gasteiger partial charge in [-0.3, -0.25) is 19.2 Å². The van der Waals surface area contributed by atoms with Crippen molar-refractivity contribution in [3.05, 3.63) is 90.5 Å². The summed E-state index contributed by atoms with van der Waals surface area (Å²) < 4.78 is 13.0. The maximum atomic E-state index is 14.8. The van der Waals surface area contributed by atoms with Crippen molar-refractivity contribution in [3.8, 4) is 0 Å². The minimum Gasteiger partial charge on any atom is -0.455 e. The van der Waals surface area contributed by atoms with E-state index in [0.717, 1.165) is 18.4 Å². The van der Waals surface area contributed by atoms with E-state index in [4.69, 9.17) is 21.1 Å². The number of aliphatic hydroxyl groups is 1. The Morgan fingerprint density at radius 3 is 2.45 bits per heavy atom. The van der Waals surface area contributed by atoms with Gasteiger partial charge in [0.15, 0.2) is 0 Å². The number of rotatable bonds is 18. The van der Waals surface area contributed by atoms with Gasteiger partial charge >= 0.3 is 5.97 Å². The first kappa shape index (κ1) is 38.2. The smallest absolute Gasteiger partial charge is 0.313 e. The molecule has 5 rings (SSSR count). The van der Waals surface area contributed by atoms with Crippen LogP contribution in [0.1, 0.15) is 70.0 Å². The molecule has 3 fully saturated rings. The van der Waals surface area contributed by atoms with Gasteiger partial charge in [-0.1, -0.05) is 66.9 Å².